The van der Waals surface area contributed by atoms with Crippen molar-refractivity contribution in [1.29, 1.82) is 0 Å². The molecule has 0 spiro atoms. The van der Waals surface area contributed by atoms with Gasteiger partial charge in [-0.1, -0.05) is 30.3 Å². The molecule has 1 aliphatic rings. The Morgan fingerprint density at radius 1 is 1.04 bits per heavy atom. The molecule has 3 aromatic rings. The van der Waals surface area contributed by atoms with Crippen molar-refractivity contribution in [3.63, 3.8) is 0 Å². The Morgan fingerprint density at radius 3 is 2.50 bits per heavy atom. The number of carbonyl (C=O) groups is 1. The molecule has 5 nitrogen and oxygen atoms in total. The Labute approximate surface area is 156 Å². The molecule has 2 aromatic carbocycles. The summed E-state index contributed by atoms with van der Waals surface area (Å²) in [6, 6.07) is 17.8. The van der Waals surface area contributed by atoms with Crippen LogP contribution in [0.4, 0.5) is 11.4 Å². The van der Waals surface area contributed by atoms with Gasteiger partial charge in [-0.25, -0.2) is 4.98 Å². The van der Waals surface area contributed by atoms with Gasteiger partial charge in [0.05, 0.1) is 13.2 Å². The summed E-state index contributed by atoms with van der Waals surface area (Å²) in [6.07, 6.45) is 0. The predicted molar refractivity (Wildman–Crippen MR) is 105 cm³/mol. The van der Waals surface area contributed by atoms with Gasteiger partial charge in [0.15, 0.2) is 0 Å². The molecule has 132 valence electrons. The highest BCUT2D eigenvalue weighted by Gasteiger charge is 2.13. The van der Waals surface area contributed by atoms with Crippen LogP contribution in [0, 0.1) is 0 Å². The Hall–Kier alpha value is -2.70. The first-order chi connectivity index (χ1) is 12.8. The first-order valence-electron chi connectivity index (χ1n) is 8.55. The Balaban J connectivity index is 1.42. The lowest BCUT2D eigenvalue weighted by atomic mass is 10.2. The van der Waals surface area contributed by atoms with E-state index >= 15 is 0 Å². The number of aromatic nitrogens is 1. The van der Waals surface area contributed by atoms with E-state index in [4.69, 9.17) is 4.74 Å². The first kappa shape index (κ1) is 16.8. The molecule has 4 rings (SSSR count). The minimum atomic E-state index is -0.192. The van der Waals surface area contributed by atoms with Gasteiger partial charge in [0.25, 0.3) is 5.91 Å². The number of rotatable bonds is 4. The number of ether oxygens (including phenoxy) is 1. The van der Waals surface area contributed by atoms with Crippen LogP contribution in [0.1, 0.15) is 10.5 Å². The third-order valence-corrected chi connectivity index (χ3v) is 5.15. The number of benzene rings is 2. The van der Waals surface area contributed by atoms with Crippen LogP contribution in [-0.2, 0) is 4.74 Å². The molecule has 1 N–H and O–H groups in total. The highest BCUT2D eigenvalue weighted by molar-refractivity contribution is 7.13. The second-order valence-corrected chi connectivity index (χ2v) is 6.86. The zero-order valence-corrected chi connectivity index (χ0v) is 15.0. The van der Waals surface area contributed by atoms with Crippen molar-refractivity contribution in [2.45, 2.75) is 0 Å². The SMILES string of the molecule is O=C(Nc1ccc(N2CCOCC2)cc1)c1csc(-c2ccccc2)n1. The molecule has 0 radical (unpaired) electrons. The second-order valence-electron chi connectivity index (χ2n) is 6.00. The van der Waals surface area contributed by atoms with E-state index in [9.17, 15) is 4.79 Å². The Morgan fingerprint density at radius 2 is 1.77 bits per heavy atom. The maximum Gasteiger partial charge on any atom is 0.275 e. The van der Waals surface area contributed by atoms with E-state index in [2.05, 4.69) is 15.2 Å². The van der Waals surface area contributed by atoms with Gasteiger partial charge in [-0.15, -0.1) is 11.3 Å². The van der Waals surface area contributed by atoms with Crippen molar-refractivity contribution in [3.8, 4) is 10.6 Å². The number of hydrogen-bond acceptors (Lipinski definition) is 5. The number of nitrogens with zero attached hydrogens (tertiary/aromatic N) is 2. The van der Waals surface area contributed by atoms with E-state index in [0.717, 1.165) is 48.2 Å². The van der Waals surface area contributed by atoms with Crippen LogP contribution in [0.5, 0.6) is 0 Å². The number of nitrogens with one attached hydrogen (secondary N) is 1. The Kier molecular flexibility index (Phi) is 4.95. The minimum absolute atomic E-state index is 0.192. The van der Waals surface area contributed by atoms with Crippen LogP contribution in [0.15, 0.2) is 60.0 Å². The van der Waals surface area contributed by atoms with E-state index in [0.29, 0.717) is 5.69 Å². The predicted octanol–water partition coefficient (Wildman–Crippen LogP) is 3.90. The van der Waals surface area contributed by atoms with Gasteiger partial charge >= 0.3 is 0 Å². The summed E-state index contributed by atoms with van der Waals surface area (Å²) >= 11 is 1.47. The van der Waals surface area contributed by atoms with Gasteiger partial charge < -0.3 is 15.0 Å². The maximum absolute atomic E-state index is 12.5. The largest absolute Gasteiger partial charge is 0.378 e. The lowest BCUT2D eigenvalue weighted by molar-refractivity contribution is 0.102. The number of amides is 1. The fraction of sp³-hybridized carbons (Fsp3) is 0.200. The highest BCUT2D eigenvalue weighted by atomic mass is 32.1. The molecule has 1 fully saturated rings. The third kappa shape index (κ3) is 3.76. The lowest BCUT2D eigenvalue weighted by Gasteiger charge is -2.28. The minimum Gasteiger partial charge on any atom is -0.378 e. The topological polar surface area (TPSA) is 54.5 Å². The van der Waals surface area contributed by atoms with Crippen LogP contribution in [-0.4, -0.2) is 37.2 Å². The highest BCUT2D eigenvalue weighted by Crippen LogP contribution is 2.24. The zero-order valence-electron chi connectivity index (χ0n) is 14.2. The van der Waals surface area contributed by atoms with Gasteiger partial charge in [0, 0.05) is 35.4 Å². The first-order valence-corrected chi connectivity index (χ1v) is 9.42. The molecule has 2 heterocycles. The molecule has 0 bridgehead atoms. The average Bonchev–Trinajstić information content (AvgIpc) is 3.20. The smallest absolute Gasteiger partial charge is 0.275 e. The van der Waals surface area contributed by atoms with Crippen LogP contribution in [0.3, 0.4) is 0 Å². The van der Waals surface area contributed by atoms with E-state index in [1.54, 1.807) is 5.38 Å². The third-order valence-electron chi connectivity index (χ3n) is 4.26. The summed E-state index contributed by atoms with van der Waals surface area (Å²) in [5, 5.41) is 5.55. The molecule has 1 amide bonds. The van der Waals surface area contributed by atoms with Crippen molar-refractivity contribution in [2.24, 2.45) is 0 Å². The van der Waals surface area contributed by atoms with Gasteiger partial charge in [-0.05, 0) is 24.3 Å². The summed E-state index contributed by atoms with van der Waals surface area (Å²) < 4.78 is 5.38. The molecule has 1 saturated heterocycles. The quantitative estimate of drug-likeness (QED) is 0.762. The van der Waals surface area contributed by atoms with Gasteiger partial charge in [-0.3, -0.25) is 4.79 Å². The monoisotopic (exact) mass is 365 g/mol. The summed E-state index contributed by atoms with van der Waals surface area (Å²) in [6.45, 7) is 3.30. The number of hydrogen-bond donors (Lipinski definition) is 1. The lowest BCUT2D eigenvalue weighted by Crippen LogP contribution is -2.36. The molecule has 0 unspecified atom stereocenters. The molecular formula is C20H19N3O2S. The van der Waals surface area contributed by atoms with Gasteiger partial charge in [-0.2, -0.15) is 0 Å². The average molecular weight is 365 g/mol. The van der Waals surface area contributed by atoms with Gasteiger partial charge in [0.2, 0.25) is 0 Å². The normalized spacial score (nSPS) is 14.2. The fourth-order valence-corrected chi connectivity index (χ4v) is 3.67. The van der Waals surface area contributed by atoms with Crippen LogP contribution in [0.2, 0.25) is 0 Å². The zero-order chi connectivity index (χ0) is 17.8. The molecular weight excluding hydrogens is 346 g/mol. The summed E-state index contributed by atoms with van der Waals surface area (Å²) in [7, 11) is 0. The fourth-order valence-electron chi connectivity index (χ4n) is 2.86. The number of thiazole rings is 1. The summed E-state index contributed by atoms with van der Waals surface area (Å²) in [5.74, 6) is -0.192. The molecule has 0 aliphatic carbocycles. The summed E-state index contributed by atoms with van der Waals surface area (Å²) in [5.41, 5.74) is 3.37. The van der Waals surface area contributed by atoms with E-state index < -0.39 is 0 Å². The van der Waals surface area contributed by atoms with Crippen molar-refractivity contribution in [2.75, 3.05) is 36.5 Å². The van der Waals surface area contributed by atoms with Crippen LogP contribution >= 0.6 is 11.3 Å². The maximum atomic E-state index is 12.5. The molecule has 0 saturated carbocycles. The Bertz CT molecular complexity index is 872. The van der Waals surface area contributed by atoms with Gasteiger partial charge in [0.1, 0.15) is 10.7 Å². The van der Waals surface area contributed by atoms with Crippen molar-refractivity contribution in [3.05, 3.63) is 65.7 Å². The van der Waals surface area contributed by atoms with Crippen molar-refractivity contribution < 1.29 is 9.53 Å². The standard InChI is InChI=1S/C20H19N3O2S/c24-19(18-14-26-20(22-18)15-4-2-1-3-5-15)21-16-6-8-17(9-7-16)23-10-12-25-13-11-23/h1-9,14H,10-13H2,(H,21,24). The van der Waals surface area contributed by atoms with E-state index in [-0.39, 0.29) is 5.91 Å². The number of anilines is 2. The summed E-state index contributed by atoms with van der Waals surface area (Å²) in [4.78, 5) is 19.2. The molecule has 6 heteroatoms. The number of morpholine rings is 1. The van der Waals surface area contributed by atoms with E-state index in [1.807, 2.05) is 54.6 Å². The number of carbonyl (C=O) groups excluding carboxylic acids is 1. The van der Waals surface area contributed by atoms with Crippen LogP contribution in [0.25, 0.3) is 10.6 Å². The molecule has 0 atom stereocenters. The van der Waals surface area contributed by atoms with Crippen molar-refractivity contribution in [1.82, 2.24) is 4.98 Å². The van der Waals surface area contributed by atoms with Crippen molar-refractivity contribution >= 4 is 28.6 Å². The second kappa shape index (κ2) is 7.68. The molecule has 1 aromatic heterocycles. The van der Waals surface area contributed by atoms with Crippen LogP contribution < -0.4 is 10.2 Å². The molecule has 1 aliphatic heterocycles. The molecule has 26 heavy (non-hydrogen) atoms. The van der Waals surface area contributed by atoms with E-state index in [1.165, 1.54) is 11.3 Å².